The molecule has 1 aromatic rings. The Morgan fingerprint density at radius 3 is 2.73 bits per heavy atom. The highest BCUT2D eigenvalue weighted by atomic mass is 35.5. The maximum absolute atomic E-state index is 11.0. The van der Waals surface area contributed by atoms with E-state index in [1.54, 1.807) is 0 Å². The number of amides is 1. The van der Waals surface area contributed by atoms with E-state index in [9.17, 15) is 4.79 Å². The summed E-state index contributed by atoms with van der Waals surface area (Å²) >= 11 is 5.39. The Bertz CT molecular complexity index is 315. The van der Waals surface area contributed by atoms with Crippen molar-refractivity contribution >= 4 is 17.5 Å². The van der Waals surface area contributed by atoms with Crippen molar-refractivity contribution in [1.82, 2.24) is 10.5 Å². The summed E-state index contributed by atoms with van der Waals surface area (Å²) in [5, 5.41) is 6.66. The molecule has 0 aliphatic rings. The van der Waals surface area contributed by atoms with Crippen molar-refractivity contribution in [3.63, 3.8) is 0 Å². The van der Waals surface area contributed by atoms with E-state index in [2.05, 4.69) is 10.5 Å². The fourth-order valence-corrected chi connectivity index (χ4v) is 1.47. The van der Waals surface area contributed by atoms with Crippen LogP contribution in [0.1, 0.15) is 30.9 Å². The third-order valence-electron chi connectivity index (χ3n) is 2.19. The second-order valence-corrected chi connectivity index (χ2v) is 3.42. The number of aromatic nitrogens is 1. The normalized spacial score (nSPS) is 10.3. The van der Waals surface area contributed by atoms with Crippen LogP contribution >= 0.6 is 11.6 Å². The van der Waals surface area contributed by atoms with Gasteiger partial charge in [-0.15, -0.1) is 11.6 Å². The van der Waals surface area contributed by atoms with Gasteiger partial charge in [0.2, 0.25) is 5.91 Å². The average Bonchev–Trinajstić information content (AvgIpc) is 2.67. The highest BCUT2D eigenvalue weighted by Crippen LogP contribution is 2.15. The zero-order valence-electron chi connectivity index (χ0n) is 8.97. The Balaban J connectivity index is 2.72. The summed E-state index contributed by atoms with van der Waals surface area (Å²) in [6, 6.07) is 0. The first-order valence-corrected chi connectivity index (χ1v) is 5.55. The summed E-state index contributed by atoms with van der Waals surface area (Å²) in [4.78, 5) is 11.0. The average molecular weight is 231 g/mol. The van der Waals surface area contributed by atoms with E-state index in [-0.39, 0.29) is 11.8 Å². The summed E-state index contributed by atoms with van der Waals surface area (Å²) in [5.74, 6) is 0.637. The first-order valence-electron chi connectivity index (χ1n) is 5.01. The fourth-order valence-electron chi connectivity index (χ4n) is 1.37. The molecule has 84 valence electrons. The zero-order valence-corrected chi connectivity index (χ0v) is 9.73. The number of halogens is 1. The molecule has 0 saturated heterocycles. The van der Waals surface area contributed by atoms with Crippen LogP contribution in [0.15, 0.2) is 4.52 Å². The van der Waals surface area contributed by atoms with E-state index in [0.717, 1.165) is 29.9 Å². The van der Waals surface area contributed by atoms with E-state index in [1.807, 2.05) is 13.8 Å². The van der Waals surface area contributed by atoms with Crippen molar-refractivity contribution < 1.29 is 9.32 Å². The van der Waals surface area contributed by atoms with E-state index in [4.69, 9.17) is 16.1 Å². The summed E-state index contributed by atoms with van der Waals surface area (Å²) < 4.78 is 5.17. The van der Waals surface area contributed by atoms with Gasteiger partial charge in [0.25, 0.3) is 0 Å². The lowest BCUT2D eigenvalue weighted by atomic mass is 10.1. The van der Waals surface area contributed by atoms with Crippen LogP contribution in [-0.2, 0) is 24.2 Å². The number of alkyl halides is 1. The Hall–Kier alpha value is -1.03. The van der Waals surface area contributed by atoms with Crippen molar-refractivity contribution in [2.45, 2.75) is 33.2 Å². The third-order valence-corrected chi connectivity index (χ3v) is 2.43. The van der Waals surface area contributed by atoms with Crippen molar-refractivity contribution in [3.05, 3.63) is 17.0 Å². The molecule has 1 amide bonds. The van der Waals surface area contributed by atoms with Crippen LogP contribution in [0, 0.1) is 0 Å². The molecule has 0 atom stereocenters. The molecule has 0 spiro atoms. The summed E-state index contributed by atoms with van der Waals surface area (Å²) in [6.45, 7) is 4.44. The summed E-state index contributed by atoms with van der Waals surface area (Å²) in [5.41, 5.74) is 1.89. The molecule has 1 aromatic heterocycles. The van der Waals surface area contributed by atoms with Crippen LogP contribution in [-0.4, -0.2) is 16.9 Å². The predicted octanol–water partition coefficient (Wildman–Crippen LogP) is 1.65. The molecule has 0 radical (unpaired) electrons. The highest BCUT2D eigenvalue weighted by molar-refractivity contribution is 6.27. The predicted molar refractivity (Wildman–Crippen MR) is 57.8 cm³/mol. The van der Waals surface area contributed by atoms with Gasteiger partial charge in [0, 0.05) is 18.5 Å². The van der Waals surface area contributed by atoms with E-state index in [0.29, 0.717) is 6.54 Å². The van der Waals surface area contributed by atoms with Gasteiger partial charge in [-0.05, 0) is 6.42 Å². The molecule has 0 aromatic carbocycles. The SMILES string of the molecule is CCc1noc(CC)c1CNC(=O)CCl. The number of carbonyl (C=O) groups is 1. The van der Waals surface area contributed by atoms with Crippen molar-refractivity contribution in [3.8, 4) is 0 Å². The Morgan fingerprint density at radius 1 is 1.47 bits per heavy atom. The molecule has 0 unspecified atom stereocenters. The minimum atomic E-state index is -0.179. The van der Waals surface area contributed by atoms with Gasteiger partial charge in [-0.2, -0.15) is 0 Å². The topological polar surface area (TPSA) is 55.1 Å². The standard InChI is InChI=1S/C10H15ClN2O2/c1-3-8-7(6-12-10(14)5-11)9(4-2)15-13-8/h3-6H2,1-2H3,(H,12,14). The maximum Gasteiger partial charge on any atom is 0.235 e. The van der Waals surface area contributed by atoms with E-state index >= 15 is 0 Å². The number of aryl methyl sites for hydroxylation is 2. The first kappa shape index (κ1) is 12.0. The van der Waals surface area contributed by atoms with Gasteiger partial charge >= 0.3 is 0 Å². The Morgan fingerprint density at radius 2 is 2.20 bits per heavy atom. The van der Waals surface area contributed by atoms with Gasteiger partial charge in [0.05, 0.1) is 5.69 Å². The molecule has 1 heterocycles. The van der Waals surface area contributed by atoms with Crippen LogP contribution in [0.25, 0.3) is 0 Å². The van der Waals surface area contributed by atoms with Gasteiger partial charge in [-0.1, -0.05) is 19.0 Å². The molecule has 1 rings (SSSR count). The molecule has 0 aliphatic heterocycles. The monoisotopic (exact) mass is 230 g/mol. The van der Waals surface area contributed by atoms with Crippen molar-refractivity contribution in [1.29, 1.82) is 0 Å². The van der Waals surface area contributed by atoms with Crippen LogP contribution in [0.4, 0.5) is 0 Å². The van der Waals surface area contributed by atoms with Crippen LogP contribution in [0.5, 0.6) is 0 Å². The first-order chi connectivity index (χ1) is 7.22. The van der Waals surface area contributed by atoms with E-state index < -0.39 is 0 Å². The molecular weight excluding hydrogens is 216 g/mol. The van der Waals surface area contributed by atoms with Gasteiger partial charge in [0.1, 0.15) is 11.6 Å². The smallest absolute Gasteiger partial charge is 0.235 e. The number of nitrogens with one attached hydrogen (secondary N) is 1. The number of nitrogens with zero attached hydrogens (tertiary/aromatic N) is 1. The molecule has 0 saturated carbocycles. The van der Waals surface area contributed by atoms with Crippen molar-refractivity contribution in [2.75, 3.05) is 5.88 Å². The van der Waals surface area contributed by atoms with Gasteiger partial charge in [0.15, 0.2) is 0 Å². The number of carbonyl (C=O) groups excluding carboxylic acids is 1. The fraction of sp³-hybridized carbons (Fsp3) is 0.600. The lowest BCUT2D eigenvalue weighted by Crippen LogP contribution is -2.24. The molecule has 0 fully saturated rings. The van der Waals surface area contributed by atoms with Gasteiger partial charge in [-0.25, -0.2) is 0 Å². The Labute approximate surface area is 94.0 Å². The third kappa shape index (κ3) is 2.96. The van der Waals surface area contributed by atoms with Crippen LogP contribution in [0.2, 0.25) is 0 Å². The Kier molecular flexibility index (Phi) is 4.62. The molecule has 1 N–H and O–H groups in total. The van der Waals surface area contributed by atoms with Crippen LogP contribution in [0.3, 0.4) is 0 Å². The lowest BCUT2D eigenvalue weighted by molar-refractivity contribution is -0.118. The molecule has 5 heteroatoms. The van der Waals surface area contributed by atoms with Crippen molar-refractivity contribution in [2.24, 2.45) is 0 Å². The second-order valence-electron chi connectivity index (χ2n) is 3.15. The maximum atomic E-state index is 11.0. The molecular formula is C10H15ClN2O2. The van der Waals surface area contributed by atoms with Gasteiger partial charge < -0.3 is 9.84 Å². The highest BCUT2D eigenvalue weighted by Gasteiger charge is 2.13. The number of rotatable bonds is 5. The number of hydrogen-bond acceptors (Lipinski definition) is 3. The van der Waals surface area contributed by atoms with Crippen LogP contribution < -0.4 is 5.32 Å². The minimum absolute atomic E-state index is 0.0196. The second kappa shape index (κ2) is 5.75. The zero-order chi connectivity index (χ0) is 11.3. The molecule has 0 bridgehead atoms. The van der Waals surface area contributed by atoms with E-state index in [1.165, 1.54) is 0 Å². The van der Waals surface area contributed by atoms with Gasteiger partial charge in [-0.3, -0.25) is 4.79 Å². The summed E-state index contributed by atoms with van der Waals surface area (Å²) in [6.07, 6.45) is 1.58. The molecule has 0 aliphatic carbocycles. The molecule has 4 nitrogen and oxygen atoms in total. The lowest BCUT2D eigenvalue weighted by Gasteiger charge is -2.03. The minimum Gasteiger partial charge on any atom is -0.361 e. The molecule has 15 heavy (non-hydrogen) atoms. The quantitative estimate of drug-likeness (QED) is 0.783. The number of hydrogen-bond donors (Lipinski definition) is 1. The summed E-state index contributed by atoms with van der Waals surface area (Å²) in [7, 11) is 0. The largest absolute Gasteiger partial charge is 0.361 e.